The van der Waals surface area contributed by atoms with E-state index in [4.69, 9.17) is 4.42 Å². The maximum Gasteiger partial charge on any atom is 0.227 e. The Bertz CT molecular complexity index is 809. The molecule has 0 saturated carbocycles. The van der Waals surface area contributed by atoms with Gasteiger partial charge in [-0.2, -0.15) is 0 Å². The molecule has 2 heterocycles. The van der Waals surface area contributed by atoms with Crippen molar-refractivity contribution in [1.82, 2.24) is 0 Å². The number of carbonyl (C=O) groups is 1. The molecule has 0 aliphatic carbocycles. The van der Waals surface area contributed by atoms with Gasteiger partial charge in [-0.05, 0) is 42.7 Å². The number of benzene rings is 1. The fourth-order valence-corrected chi connectivity index (χ4v) is 3.50. The summed E-state index contributed by atoms with van der Waals surface area (Å²) in [6.07, 6.45) is 5.41. The molecule has 0 fully saturated rings. The first-order valence-corrected chi connectivity index (χ1v) is 9.50. The highest BCUT2D eigenvalue weighted by atomic mass is 32.2. The lowest BCUT2D eigenvalue weighted by atomic mass is 10.0. The molecule has 1 amide bonds. The molecule has 1 aliphatic rings. The zero-order valence-electron chi connectivity index (χ0n) is 13.0. The molecular formula is C17H19NO4S. The van der Waals surface area contributed by atoms with Crippen LogP contribution in [-0.2, 0) is 27.5 Å². The first-order valence-electron chi connectivity index (χ1n) is 7.61. The van der Waals surface area contributed by atoms with Crippen LogP contribution >= 0.6 is 0 Å². The summed E-state index contributed by atoms with van der Waals surface area (Å²) in [6.45, 7) is 0.622. The van der Waals surface area contributed by atoms with Crippen LogP contribution in [0.3, 0.4) is 0 Å². The Morgan fingerprint density at radius 3 is 2.83 bits per heavy atom. The molecule has 0 N–H and O–H groups in total. The van der Waals surface area contributed by atoms with Crippen molar-refractivity contribution >= 4 is 21.4 Å². The molecule has 3 rings (SSSR count). The summed E-state index contributed by atoms with van der Waals surface area (Å²) >= 11 is 0. The molecular weight excluding hydrogens is 314 g/mol. The van der Waals surface area contributed by atoms with Crippen molar-refractivity contribution < 1.29 is 17.6 Å². The van der Waals surface area contributed by atoms with E-state index in [0.29, 0.717) is 19.4 Å². The molecule has 1 aliphatic heterocycles. The van der Waals surface area contributed by atoms with Crippen molar-refractivity contribution in [2.24, 2.45) is 0 Å². The van der Waals surface area contributed by atoms with Crippen LogP contribution < -0.4 is 4.90 Å². The van der Waals surface area contributed by atoms with E-state index >= 15 is 0 Å². The Balaban J connectivity index is 1.83. The van der Waals surface area contributed by atoms with Crippen LogP contribution in [0.2, 0.25) is 0 Å². The van der Waals surface area contributed by atoms with E-state index in [-0.39, 0.29) is 10.8 Å². The summed E-state index contributed by atoms with van der Waals surface area (Å²) in [5.41, 5.74) is 1.75. The number of fused-ring (bicyclic) bond motifs is 1. The van der Waals surface area contributed by atoms with Gasteiger partial charge in [0, 0.05) is 31.3 Å². The number of amides is 1. The van der Waals surface area contributed by atoms with Crippen molar-refractivity contribution in [2.75, 3.05) is 17.7 Å². The molecule has 1 aromatic heterocycles. The number of aryl methyl sites for hydroxylation is 2. The van der Waals surface area contributed by atoms with E-state index in [0.717, 1.165) is 29.9 Å². The van der Waals surface area contributed by atoms with Crippen molar-refractivity contribution in [3.8, 4) is 0 Å². The molecule has 122 valence electrons. The second-order valence-corrected chi connectivity index (χ2v) is 7.81. The van der Waals surface area contributed by atoms with Gasteiger partial charge in [-0.1, -0.05) is 6.07 Å². The van der Waals surface area contributed by atoms with E-state index in [2.05, 4.69) is 0 Å². The largest absolute Gasteiger partial charge is 0.469 e. The molecule has 6 heteroatoms. The van der Waals surface area contributed by atoms with Crippen molar-refractivity contribution in [3.05, 3.63) is 47.9 Å². The predicted octanol–water partition coefficient (Wildman–Crippen LogP) is 2.60. The Labute approximate surface area is 135 Å². The third kappa shape index (κ3) is 3.47. The maximum atomic E-state index is 12.6. The number of anilines is 1. The van der Waals surface area contributed by atoms with Gasteiger partial charge in [-0.3, -0.25) is 4.79 Å². The lowest BCUT2D eigenvalue weighted by Crippen LogP contribution is -2.35. The minimum absolute atomic E-state index is 0.00648. The second kappa shape index (κ2) is 6.20. The first-order chi connectivity index (χ1) is 10.9. The number of hydrogen-bond acceptors (Lipinski definition) is 4. The Morgan fingerprint density at radius 1 is 1.30 bits per heavy atom. The molecule has 0 atom stereocenters. The SMILES string of the molecule is CS(=O)(=O)c1ccc2c(c1)N(C(=O)CCc1ccco1)CCC2. The van der Waals surface area contributed by atoms with Gasteiger partial charge in [0.1, 0.15) is 5.76 Å². The monoisotopic (exact) mass is 333 g/mol. The van der Waals surface area contributed by atoms with Crippen LogP contribution in [0.1, 0.15) is 24.2 Å². The molecule has 0 saturated heterocycles. The predicted molar refractivity (Wildman–Crippen MR) is 87.3 cm³/mol. The average molecular weight is 333 g/mol. The van der Waals surface area contributed by atoms with Crippen LogP contribution in [-0.4, -0.2) is 27.1 Å². The zero-order valence-corrected chi connectivity index (χ0v) is 13.8. The molecule has 2 aromatic rings. The maximum absolute atomic E-state index is 12.6. The Morgan fingerprint density at radius 2 is 2.13 bits per heavy atom. The molecule has 0 bridgehead atoms. The van der Waals surface area contributed by atoms with Crippen molar-refractivity contribution in [3.63, 3.8) is 0 Å². The normalized spacial score (nSPS) is 14.6. The number of hydrogen-bond donors (Lipinski definition) is 0. The summed E-state index contributed by atoms with van der Waals surface area (Å²) in [7, 11) is -3.29. The highest BCUT2D eigenvalue weighted by molar-refractivity contribution is 7.90. The van der Waals surface area contributed by atoms with Crippen molar-refractivity contribution in [2.45, 2.75) is 30.6 Å². The third-order valence-corrected chi connectivity index (χ3v) is 5.18. The van der Waals surface area contributed by atoms with E-state index in [1.54, 1.807) is 29.4 Å². The van der Waals surface area contributed by atoms with E-state index in [1.807, 2.05) is 12.1 Å². The number of rotatable bonds is 4. The summed E-state index contributed by atoms with van der Waals surface area (Å²) in [6, 6.07) is 8.70. The Kier molecular flexibility index (Phi) is 4.26. The smallest absolute Gasteiger partial charge is 0.227 e. The van der Waals surface area contributed by atoms with Gasteiger partial charge in [-0.15, -0.1) is 0 Å². The van der Waals surface area contributed by atoms with Gasteiger partial charge >= 0.3 is 0 Å². The number of sulfone groups is 1. The highest BCUT2D eigenvalue weighted by Gasteiger charge is 2.24. The lowest BCUT2D eigenvalue weighted by Gasteiger charge is -2.30. The fraction of sp³-hybridized carbons (Fsp3) is 0.353. The van der Waals surface area contributed by atoms with Gasteiger partial charge in [0.25, 0.3) is 0 Å². The summed E-state index contributed by atoms with van der Waals surface area (Å²) < 4.78 is 28.8. The van der Waals surface area contributed by atoms with Crippen LogP contribution in [0.4, 0.5) is 5.69 Å². The second-order valence-electron chi connectivity index (χ2n) is 5.79. The zero-order chi connectivity index (χ0) is 16.4. The standard InChI is InChI=1S/C17H19NO4S/c1-23(20,21)15-8-6-13-4-2-10-18(16(13)12-15)17(19)9-7-14-5-3-11-22-14/h3,5-6,8,11-12H,2,4,7,9-10H2,1H3. The molecule has 0 radical (unpaired) electrons. The lowest BCUT2D eigenvalue weighted by molar-refractivity contribution is -0.118. The minimum Gasteiger partial charge on any atom is -0.469 e. The van der Waals surface area contributed by atoms with Crippen molar-refractivity contribution in [1.29, 1.82) is 0 Å². The van der Waals surface area contributed by atoms with E-state index in [1.165, 1.54) is 6.26 Å². The summed E-state index contributed by atoms with van der Waals surface area (Å²) in [5, 5.41) is 0. The molecule has 23 heavy (non-hydrogen) atoms. The molecule has 0 spiro atoms. The summed E-state index contributed by atoms with van der Waals surface area (Å²) in [4.78, 5) is 14.5. The quantitative estimate of drug-likeness (QED) is 0.862. The van der Waals surface area contributed by atoms with E-state index in [9.17, 15) is 13.2 Å². The van der Waals surface area contributed by atoms with E-state index < -0.39 is 9.84 Å². The average Bonchev–Trinajstić information content (AvgIpc) is 3.04. The molecule has 0 unspecified atom stereocenters. The van der Waals surface area contributed by atoms with Crippen LogP contribution in [0.15, 0.2) is 45.9 Å². The van der Waals surface area contributed by atoms with Gasteiger partial charge in [0.15, 0.2) is 9.84 Å². The number of furan rings is 1. The van der Waals surface area contributed by atoms with Gasteiger partial charge in [0.05, 0.1) is 11.2 Å². The van der Waals surface area contributed by atoms with Gasteiger partial charge in [0.2, 0.25) is 5.91 Å². The third-order valence-electron chi connectivity index (χ3n) is 4.07. The Hall–Kier alpha value is -2.08. The number of nitrogens with zero attached hydrogens (tertiary/aromatic N) is 1. The number of carbonyl (C=O) groups excluding carboxylic acids is 1. The molecule has 1 aromatic carbocycles. The summed E-state index contributed by atoms with van der Waals surface area (Å²) in [5.74, 6) is 0.772. The van der Waals surface area contributed by atoms with Crippen LogP contribution in [0.25, 0.3) is 0 Å². The fourth-order valence-electron chi connectivity index (χ4n) is 2.86. The first kappa shape index (κ1) is 15.8. The van der Waals surface area contributed by atoms with Crippen LogP contribution in [0.5, 0.6) is 0 Å². The molecule has 5 nitrogen and oxygen atoms in total. The van der Waals surface area contributed by atoms with Gasteiger partial charge < -0.3 is 9.32 Å². The highest BCUT2D eigenvalue weighted by Crippen LogP contribution is 2.30. The minimum atomic E-state index is -3.29. The topological polar surface area (TPSA) is 67.6 Å². The van der Waals surface area contributed by atoms with Crippen LogP contribution in [0, 0.1) is 0 Å². The van der Waals surface area contributed by atoms with Gasteiger partial charge in [-0.25, -0.2) is 8.42 Å².